The molecule has 3 aromatic rings. The number of aromatic nitrogens is 1. The van der Waals surface area contributed by atoms with E-state index in [4.69, 9.17) is 5.11 Å². The van der Waals surface area contributed by atoms with Crippen LogP contribution >= 0.6 is 0 Å². The van der Waals surface area contributed by atoms with Crippen LogP contribution in [0.3, 0.4) is 0 Å². The summed E-state index contributed by atoms with van der Waals surface area (Å²) in [5, 5.41) is 22.1. The number of carbonyl (C=O) groups excluding carboxylic acids is 2. The van der Waals surface area contributed by atoms with E-state index in [2.05, 4.69) is 5.32 Å². The second-order valence-electron chi connectivity index (χ2n) is 7.82. The number of aryl methyl sites for hydroxylation is 2. The topological polar surface area (TPSA) is 129 Å². The molecule has 3 rings (SSSR count). The lowest BCUT2D eigenvalue weighted by molar-refractivity contribution is -0.136. The van der Waals surface area contributed by atoms with Crippen molar-refractivity contribution in [1.29, 1.82) is 0 Å². The number of anilines is 2. The molecule has 9 heteroatoms. The van der Waals surface area contributed by atoms with E-state index in [1.165, 1.54) is 24.7 Å². The molecule has 3 N–H and O–H groups in total. The van der Waals surface area contributed by atoms with Crippen molar-refractivity contribution < 1.29 is 24.6 Å². The molecule has 0 radical (unpaired) electrons. The minimum Gasteiger partial charge on any atom is -0.505 e. The number of nitrogens with zero attached hydrogens (tertiary/aromatic N) is 2. The molecule has 0 aliphatic carbocycles. The SMILES string of the molecule is CC(=O)c1cccc(-c2cccc(N(C(=O)NCCC(=O)O)c3c(O)c(C)cn(C)c3=O)c2)c1. The molecular weight excluding hydrogens is 438 g/mol. The predicted octanol–water partition coefficient (Wildman–Crippen LogP) is 3.59. The molecule has 176 valence electrons. The number of Topliss-reactive ketones (excluding diaryl/α,β-unsaturated/α-hetero) is 1. The first kappa shape index (κ1) is 24.2. The predicted molar refractivity (Wildman–Crippen MR) is 128 cm³/mol. The van der Waals surface area contributed by atoms with Crippen molar-refractivity contribution in [2.24, 2.45) is 7.05 Å². The lowest BCUT2D eigenvalue weighted by atomic mass is 10.0. The highest BCUT2D eigenvalue weighted by molar-refractivity contribution is 6.01. The van der Waals surface area contributed by atoms with Gasteiger partial charge in [0.15, 0.2) is 11.5 Å². The van der Waals surface area contributed by atoms with Crippen molar-refractivity contribution >= 4 is 29.2 Å². The number of nitrogens with one attached hydrogen (secondary N) is 1. The molecule has 1 aromatic heterocycles. The smallest absolute Gasteiger partial charge is 0.326 e. The Hall–Kier alpha value is -4.40. The maximum Gasteiger partial charge on any atom is 0.326 e. The van der Waals surface area contributed by atoms with Crippen LogP contribution in [0.25, 0.3) is 11.1 Å². The fraction of sp³-hybridized carbons (Fsp3) is 0.200. The van der Waals surface area contributed by atoms with Gasteiger partial charge in [-0.25, -0.2) is 4.79 Å². The molecule has 0 aliphatic heterocycles. The van der Waals surface area contributed by atoms with Gasteiger partial charge in [-0.15, -0.1) is 0 Å². The van der Waals surface area contributed by atoms with Crippen LogP contribution in [0.2, 0.25) is 0 Å². The number of carboxylic acid groups (broad SMARTS) is 1. The summed E-state index contributed by atoms with van der Waals surface area (Å²) in [7, 11) is 1.50. The Bertz CT molecular complexity index is 1330. The summed E-state index contributed by atoms with van der Waals surface area (Å²) < 4.78 is 1.25. The van der Waals surface area contributed by atoms with Crippen LogP contribution in [0.5, 0.6) is 5.75 Å². The molecule has 0 saturated carbocycles. The summed E-state index contributed by atoms with van der Waals surface area (Å²) in [6, 6.07) is 12.9. The molecule has 2 amide bonds. The Labute approximate surface area is 195 Å². The molecule has 2 aromatic carbocycles. The third-order valence-corrected chi connectivity index (χ3v) is 5.26. The molecule has 0 spiro atoms. The minimum atomic E-state index is -1.09. The second kappa shape index (κ2) is 10.0. The Morgan fingerprint density at radius 2 is 1.71 bits per heavy atom. The van der Waals surface area contributed by atoms with Crippen LogP contribution in [-0.2, 0) is 11.8 Å². The standard InChI is InChI=1S/C25H25N3O6/c1-15-14-27(3)24(33)22(23(15)32)28(25(34)26-11-10-21(30)31)20-9-5-8-19(13-20)18-7-4-6-17(12-18)16(2)29/h4-9,12-14,32H,10-11H2,1-3H3,(H,26,34)(H,30,31). The number of pyridine rings is 1. The van der Waals surface area contributed by atoms with Crippen molar-refractivity contribution in [3.05, 3.63) is 76.2 Å². The van der Waals surface area contributed by atoms with Crippen LogP contribution in [0.1, 0.15) is 29.3 Å². The molecule has 0 fully saturated rings. The summed E-state index contributed by atoms with van der Waals surface area (Å²) in [6.07, 6.45) is 1.14. The number of carbonyl (C=O) groups is 3. The highest BCUT2D eigenvalue weighted by atomic mass is 16.4. The molecule has 0 saturated heterocycles. The van der Waals surface area contributed by atoms with E-state index in [-0.39, 0.29) is 35.9 Å². The maximum atomic E-state index is 13.2. The molecule has 0 bridgehead atoms. The van der Waals surface area contributed by atoms with Crippen molar-refractivity contribution in [2.45, 2.75) is 20.3 Å². The Balaban J connectivity index is 2.15. The fourth-order valence-electron chi connectivity index (χ4n) is 3.51. The average Bonchev–Trinajstić information content (AvgIpc) is 2.80. The quantitative estimate of drug-likeness (QED) is 0.459. The van der Waals surface area contributed by atoms with Gasteiger partial charge in [0.2, 0.25) is 0 Å². The maximum absolute atomic E-state index is 13.2. The van der Waals surface area contributed by atoms with E-state index in [0.717, 1.165) is 10.5 Å². The normalized spacial score (nSPS) is 10.6. The van der Waals surface area contributed by atoms with Crippen molar-refractivity contribution in [2.75, 3.05) is 11.4 Å². The second-order valence-corrected chi connectivity index (χ2v) is 7.82. The molecule has 9 nitrogen and oxygen atoms in total. The molecular formula is C25H25N3O6. The van der Waals surface area contributed by atoms with Gasteiger partial charge >= 0.3 is 12.0 Å². The van der Waals surface area contributed by atoms with Gasteiger partial charge in [-0.1, -0.05) is 30.3 Å². The van der Waals surface area contributed by atoms with Crippen LogP contribution < -0.4 is 15.8 Å². The third kappa shape index (κ3) is 5.15. The summed E-state index contributed by atoms with van der Waals surface area (Å²) in [4.78, 5) is 49.8. The number of carboxylic acids is 1. The Morgan fingerprint density at radius 3 is 2.35 bits per heavy atom. The average molecular weight is 463 g/mol. The van der Waals surface area contributed by atoms with Crippen molar-refractivity contribution in [1.82, 2.24) is 9.88 Å². The zero-order chi connectivity index (χ0) is 25.0. The monoisotopic (exact) mass is 463 g/mol. The van der Waals surface area contributed by atoms with Gasteiger partial charge in [-0.2, -0.15) is 0 Å². The first-order valence-electron chi connectivity index (χ1n) is 10.5. The van der Waals surface area contributed by atoms with Gasteiger partial charge in [0, 0.05) is 30.9 Å². The molecule has 34 heavy (non-hydrogen) atoms. The largest absolute Gasteiger partial charge is 0.505 e. The van der Waals surface area contributed by atoms with Crippen molar-refractivity contribution in [3.63, 3.8) is 0 Å². The van der Waals surface area contributed by atoms with Gasteiger partial charge in [0.05, 0.1) is 12.1 Å². The van der Waals surface area contributed by atoms with Crippen LogP contribution in [0.15, 0.2) is 59.5 Å². The van der Waals surface area contributed by atoms with E-state index in [9.17, 15) is 24.3 Å². The first-order valence-corrected chi connectivity index (χ1v) is 10.5. The number of hydrogen-bond donors (Lipinski definition) is 3. The molecule has 0 atom stereocenters. The fourth-order valence-corrected chi connectivity index (χ4v) is 3.51. The molecule has 0 unspecified atom stereocenters. The number of aromatic hydroxyl groups is 1. The lowest BCUT2D eigenvalue weighted by Gasteiger charge is -2.25. The summed E-state index contributed by atoms with van der Waals surface area (Å²) >= 11 is 0. The highest BCUT2D eigenvalue weighted by Crippen LogP contribution is 2.34. The number of benzene rings is 2. The Morgan fingerprint density at radius 1 is 1.06 bits per heavy atom. The number of hydrogen-bond acceptors (Lipinski definition) is 5. The number of ketones is 1. The number of rotatable bonds is 7. The summed E-state index contributed by atoms with van der Waals surface area (Å²) in [5.41, 5.74) is 1.71. The van der Waals surface area contributed by atoms with Crippen molar-refractivity contribution in [3.8, 4) is 16.9 Å². The van der Waals surface area contributed by atoms with E-state index in [1.807, 2.05) is 6.07 Å². The zero-order valence-corrected chi connectivity index (χ0v) is 19.0. The van der Waals surface area contributed by atoms with Gasteiger partial charge in [0.1, 0.15) is 5.75 Å². The van der Waals surface area contributed by atoms with Gasteiger partial charge in [-0.05, 0) is 43.2 Å². The van der Waals surface area contributed by atoms with Crippen LogP contribution in [-0.4, -0.2) is 39.1 Å². The number of urea groups is 1. The van der Waals surface area contributed by atoms with Crippen LogP contribution in [0.4, 0.5) is 16.2 Å². The first-order chi connectivity index (χ1) is 16.1. The highest BCUT2D eigenvalue weighted by Gasteiger charge is 2.26. The van der Waals surface area contributed by atoms with Gasteiger partial charge < -0.3 is 20.1 Å². The zero-order valence-electron chi connectivity index (χ0n) is 19.0. The summed E-state index contributed by atoms with van der Waals surface area (Å²) in [5.74, 6) is -1.54. The van der Waals surface area contributed by atoms with Gasteiger partial charge in [0.25, 0.3) is 5.56 Å². The molecule has 0 aliphatic rings. The van der Waals surface area contributed by atoms with E-state index >= 15 is 0 Å². The number of aliphatic carboxylic acids is 1. The Kier molecular flexibility index (Phi) is 7.15. The number of amides is 2. The summed E-state index contributed by atoms with van der Waals surface area (Å²) in [6.45, 7) is 2.90. The molecule has 1 heterocycles. The van der Waals surface area contributed by atoms with E-state index in [0.29, 0.717) is 16.7 Å². The minimum absolute atomic E-state index is 0.0920. The van der Waals surface area contributed by atoms with E-state index in [1.54, 1.807) is 49.4 Å². The van der Waals surface area contributed by atoms with Gasteiger partial charge in [-0.3, -0.25) is 19.3 Å². The third-order valence-electron chi connectivity index (χ3n) is 5.26. The van der Waals surface area contributed by atoms with Crippen LogP contribution in [0, 0.1) is 6.92 Å². The lowest BCUT2D eigenvalue weighted by Crippen LogP contribution is -2.41. The van der Waals surface area contributed by atoms with E-state index < -0.39 is 17.6 Å².